The Hall–Kier alpha value is -2.50. The molecular formula is C24H33N3O3. The molecule has 0 unspecified atom stereocenters. The maximum Gasteiger partial charge on any atom is 0.410 e. The first-order valence-corrected chi connectivity index (χ1v) is 11.3. The minimum Gasteiger partial charge on any atom is -0.490 e. The number of rotatable bonds is 6. The highest BCUT2D eigenvalue weighted by Gasteiger charge is 2.25. The van der Waals surface area contributed by atoms with Gasteiger partial charge in [0.2, 0.25) is 0 Å². The maximum absolute atomic E-state index is 12.5. The molecule has 0 aliphatic heterocycles. The number of amides is 1. The van der Waals surface area contributed by atoms with Crippen LogP contribution in [0.15, 0.2) is 30.5 Å². The number of carbonyl (C=O) groups excluding carboxylic acids is 1. The van der Waals surface area contributed by atoms with E-state index in [2.05, 4.69) is 17.2 Å². The van der Waals surface area contributed by atoms with E-state index in [0.29, 0.717) is 12.1 Å². The Morgan fingerprint density at radius 1 is 1.07 bits per heavy atom. The average molecular weight is 412 g/mol. The molecule has 2 saturated carbocycles. The molecule has 30 heavy (non-hydrogen) atoms. The number of carbonyl (C=O) groups is 1. The smallest absolute Gasteiger partial charge is 0.410 e. The van der Waals surface area contributed by atoms with Gasteiger partial charge in [0, 0.05) is 25.7 Å². The molecule has 1 aromatic carbocycles. The summed E-state index contributed by atoms with van der Waals surface area (Å²) < 4.78 is 13.6. The first kappa shape index (κ1) is 20.8. The molecule has 6 nitrogen and oxygen atoms in total. The maximum atomic E-state index is 12.5. The Bertz CT molecular complexity index is 834. The van der Waals surface area contributed by atoms with E-state index in [0.717, 1.165) is 48.3 Å². The molecule has 1 heterocycles. The second kappa shape index (κ2) is 9.54. The van der Waals surface area contributed by atoms with Gasteiger partial charge in [0.1, 0.15) is 12.4 Å². The minimum atomic E-state index is -0.259. The van der Waals surface area contributed by atoms with E-state index < -0.39 is 0 Å². The quantitative estimate of drug-likeness (QED) is 0.646. The fourth-order valence-corrected chi connectivity index (χ4v) is 4.64. The van der Waals surface area contributed by atoms with E-state index in [4.69, 9.17) is 9.47 Å². The van der Waals surface area contributed by atoms with E-state index in [1.165, 1.54) is 32.1 Å². The molecule has 2 aliphatic carbocycles. The Labute approximate surface area is 179 Å². The molecule has 0 N–H and O–H groups in total. The number of aromatic nitrogens is 2. The summed E-state index contributed by atoms with van der Waals surface area (Å²) in [6, 6.07) is 8.48. The SMILES string of the molecule is CN(C(=O)OCc1c(-c2ccc(OC3CCCCC3)cc2)cnn1C)C1CCCC1. The lowest BCUT2D eigenvalue weighted by Crippen LogP contribution is -2.35. The molecule has 4 rings (SSSR count). The van der Waals surface area contributed by atoms with E-state index in [-0.39, 0.29) is 12.7 Å². The predicted octanol–water partition coefficient (Wildman–Crippen LogP) is 5.31. The van der Waals surface area contributed by atoms with Crippen LogP contribution < -0.4 is 4.74 Å². The van der Waals surface area contributed by atoms with Crippen LogP contribution in [0.2, 0.25) is 0 Å². The van der Waals surface area contributed by atoms with Gasteiger partial charge in [-0.05, 0) is 56.2 Å². The topological polar surface area (TPSA) is 56.6 Å². The molecule has 1 amide bonds. The van der Waals surface area contributed by atoms with Crippen molar-refractivity contribution in [3.63, 3.8) is 0 Å². The van der Waals surface area contributed by atoms with Crippen molar-refractivity contribution >= 4 is 6.09 Å². The van der Waals surface area contributed by atoms with Crippen molar-refractivity contribution in [1.29, 1.82) is 0 Å². The highest BCUT2D eigenvalue weighted by Crippen LogP contribution is 2.29. The minimum absolute atomic E-state index is 0.210. The Kier molecular flexibility index (Phi) is 6.60. The van der Waals surface area contributed by atoms with Gasteiger partial charge in [0.05, 0.1) is 18.0 Å². The molecule has 0 bridgehead atoms. The number of nitrogens with zero attached hydrogens (tertiary/aromatic N) is 3. The second-order valence-corrected chi connectivity index (χ2v) is 8.63. The summed E-state index contributed by atoms with van der Waals surface area (Å²) in [5.41, 5.74) is 2.93. The van der Waals surface area contributed by atoms with Crippen LogP contribution in [0, 0.1) is 0 Å². The van der Waals surface area contributed by atoms with Gasteiger partial charge in [-0.3, -0.25) is 4.68 Å². The third kappa shape index (κ3) is 4.79. The summed E-state index contributed by atoms with van der Waals surface area (Å²) in [7, 11) is 3.72. The van der Waals surface area contributed by atoms with Crippen molar-refractivity contribution in [2.75, 3.05) is 7.05 Å². The highest BCUT2D eigenvalue weighted by atomic mass is 16.6. The Morgan fingerprint density at radius 2 is 1.73 bits per heavy atom. The Morgan fingerprint density at radius 3 is 2.43 bits per heavy atom. The summed E-state index contributed by atoms with van der Waals surface area (Å²) in [4.78, 5) is 14.2. The fourth-order valence-electron chi connectivity index (χ4n) is 4.64. The van der Waals surface area contributed by atoms with Crippen molar-refractivity contribution in [1.82, 2.24) is 14.7 Å². The zero-order valence-electron chi connectivity index (χ0n) is 18.2. The van der Waals surface area contributed by atoms with Crippen LogP contribution >= 0.6 is 0 Å². The van der Waals surface area contributed by atoms with Gasteiger partial charge in [0.15, 0.2) is 0 Å². The van der Waals surface area contributed by atoms with Crippen molar-refractivity contribution < 1.29 is 14.3 Å². The fraction of sp³-hybridized carbons (Fsp3) is 0.583. The van der Waals surface area contributed by atoms with Crippen LogP contribution in [0.25, 0.3) is 11.1 Å². The highest BCUT2D eigenvalue weighted by molar-refractivity contribution is 5.69. The molecule has 1 aromatic heterocycles. The largest absolute Gasteiger partial charge is 0.490 e. The molecule has 2 aromatic rings. The molecule has 0 atom stereocenters. The van der Waals surface area contributed by atoms with Gasteiger partial charge in [-0.2, -0.15) is 5.10 Å². The van der Waals surface area contributed by atoms with Gasteiger partial charge in [-0.25, -0.2) is 4.79 Å². The second-order valence-electron chi connectivity index (χ2n) is 8.63. The van der Waals surface area contributed by atoms with Crippen molar-refractivity contribution in [2.45, 2.75) is 76.5 Å². The van der Waals surface area contributed by atoms with Gasteiger partial charge < -0.3 is 14.4 Å². The molecule has 0 spiro atoms. The van der Waals surface area contributed by atoms with Crippen molar-refractivity contribution in [3.8, 4) is 16.9 Å². The van der Waals surface area contributed by atoms with Crippen LogP contribution in [0.4, 0.5) is 4.79 Å². The van der Waals surface area contributed by atoms with E-state index in [9.17, 15) is 4.79 Å². The lowest BCUT2D eigenvalue weighted by molar-refractivity contribution is 0.0899. The van der Waals surface area contributed by atoms with Gasteiger partial charge >= 0.3 is 6.09 Å². The predicted molar refractivity (Wildman–Crippen MR) is 116 cm³/mol. The molecule has 162 valence electrons. The molecule has 2 fully saturated rings. The summed E-state index contributed by atoms with van der Waals surface area (Å²) in [5.74, 6) is 0.917. The summed E-state index contributed by atoms with van der Waals surface area (Å²) in [5, 5.41) is 4.39. The molecule has 6 heteroatoms. The zero-order chi connectivity index (χ0) is 20.9. The van der Waals surface area contributed by atoms with Gasteiger partial charge in [0.25, 0.3) is 0 Å². The third-order valence-electron chi connectivity index (χ3n) is 6.57. The third-order valence-corrected chi connectivity index (χ3v) is 6.57. The normalized spacial score (nSPS) is 17.8. The molecule has 0 radical (unpaired) electrons. The van der Waals surface area contributed by atoms with Gasteiger partial charge in [-0.1, -0.05) is 31.4 Å². The van der Waals surface area contributed by atoms with E-state index in [1.807, 2.05) is 32.4 Å². The van der Waals surface area contributed by atoms with Crippen LogP contribution in [0.5, 0.6) is 5.75 Å². The number of hydrogen-bond acceptors (Lipinski definition) is 4. The summed E-state index contributed by atoms with van der Waals surface area (Å²) >= 11 is 0. The number of aryl methyl sites for hydroxylation is 1. The molecular weight excluding hydrogens is 378 g/mol. The molecule has 2 aliphatic rings. The van der Waals surface area contributed by atoms with E-state index >= 15 is 0 Å². The van der Waals surface area contributed by atoms with Crippen LogP contribution in [-0.4, -0.2) is 40.0 Å². The number of benzene rings is 1. The summed E-state index contributed by atoms with van der Waals surface area (Å²) in [6.07, 6.45) is 12.6. The van der Waals surface area contributed by atoms with Crippen LogP contribution in [0.3, 0.4) is 0 Å². The zero-order valence-corrected chi connectivity index (χ0v) is 18.2. The van der Waals surface area contributed by atoms with Crippen LogP contribution in [0.1, 0.15) is 63.5 Å². The van der Waals surface area contributed by atoms with Crippen LogP contribution in [-0.2, 0) is 18.4 Å². The summed E-state index contributed by atoms with van der Waals surface area (Å²) in [6.45, 7) is 0.210. The average Bonchev–Trinajstić information content (AvgIpc) is 3.43. The molecule has 0 saturated heterocycles. The van der Waals surface area contributed by atoms with E-state index in [1.54, 1.807) is 9.58 Å². The Balaban J connectivity index is 1.39. The standard InChI is InChI=1S/C24H33N3O3/c1-26(19-8-6-7-9-19)24(28)29-17-23-22(16-25-27(23)2)18-12-14-21(15-13-18)30-20-10-4-3-5-11-20/h12-16,19-20H,3-11,17H2,1-2H3. The lowest BCUT2D eigenvalue weighted by atomic mass is 9.98. The number of ether oxygens (including phenoxy) is 2. The van der Waals surface area contributed by atoms with Gasteiger partial charge in [-0.15, -0.1) is 0 Å². The first-order chi connectivity index (χ1) is 14.6. The lowest BCUT2D eigenvalue weighted by Gasteiger charge is -2.23. The van der Waals surface area contributed by atoms with Crippen molar-refractivity contribution in [3.05, 3.63) is 36.2 Å². The van der Waals surface area contributed by atoms with Crippen molar-refractivity contribution in [2.24, 2.45) is 7.05 Å². The monoisotopic (exact) mass is 411 g/mol. The first-order valence-electron chi connectivity index (χ1n) is 11.3. The number of hydrogen-bond donors (Lipinski definition) is 0.